The molecule has 0 heterocycles. The predicted octanol–water partition coefficient (Wildman–Crippen LogP) is 2.70. The number of aryl methyl sites for hydroxylation is 1. The van der Waals surface area contributed by atoms with Crippen LogP contribution >= 0.6 is 0 Å². The molecule has 2 aromatic carbocycles. The van der Waals surface area contributed by atoms with E-state index in [1.165, 1.54) is 30.3 Å². The summed E-state index contributed by atoms with van der Waals surface area (Å²) in [5.41, 5.74) is 1.74. The molecule has 0 aliphatic heterocycles. The summed E-state index contributed by atoms with van der Waals surface area (Å²) in [6.45, 7) is 5.39. The van der Waals surface area contributed by atoms with Crippen molar-refractivity contribution in [1.29, 1.82) is 0 Å². The topological polar surface area (TPSA) is 121 Å². The van der Waals surface area contributed by atoms with Crippen molar-refractivity contribution in [3.05, 3.63) is 53.6 Å². The van der Waals surface area contributed by atoms with Crippen LogP contribution in [0.1, 0.15) is 36.2 Å². The molecule has 0 radical (unpaired) electrons. The number of benzene rings is 2. The number of hydrogen-bond donors (Lipinski definition) is 3. The average Bonchev–Trinajstić information content (AvgIpc) is 2.63. The van der Waals surface area contributed by atoms with Gasteiger partial charge in [-0.15, -0.1) is 0 Å². The highest BCUT2D eigenvalue weighted by Crippen LogP contribution is 2.22. The molecule has 0 fully saturated rings. The van der Waals surface area contributed by atoms with Gasteiger partial charge in [-0.3, -0.25) is 9.52 Å². The fraction of sp³-hybridized carbons (Fsp3) is 0.316. The highest BCUT2D eigenvalue weighted by Gasteiger charge is 2.17. The van der Waals surface area contributed by atoms with Gasteiger partial charge in [0.25, 0.3) is 5.91 Å². The van der Waals surface area contributed by atoms with Crippen LogP contribution in [-0.2, 0) is 20.0 Å². The van der Waals surface area contributed by atoms with Crippen molar-refractivity contribution in [2.24, 2.45) is 0 Å². The lowest BCUT2D eigenvalue weighted by atomic mass is 10.1. The minimum absolute atomic E-state index is 0.0734. The number of anilines is 2. The molecule has 0 spiro atoms. The van der Waals surface area contributed by atoms with Gasteiger partial charge in [0.1, 0.15) is 0 Å². The summed E-state index contributed by atoms with van der Waals surface area (Å²) in [5.74, 6) is -0.446. The standard InChI is InChI=1S/C19H25N3O5S2/c1-5-14(3)21-29(26,27)17-10-7-15(8-11-17)19(23)20-16-9-6-13(2)18(12-16)22-28(4,24)25/h6-12,14,21-22H,5H2,1-4H3,(H,20,23). The number of hydrogen-bond acceptors (Lipinski definition) is 5. The molecule has 3 N–H and O–H groups in total. The van der Waals surface area contributed by atoms with Gasteiger partial charge in [0.05, 0.1) is 16.8 Å². The van der Waals surface area contributed by atoms with Crippen molar-refractivity contribution in [2.75, 3.05) is 16.3 Å². The van der Waals surface area contributed by atoms with E-state index < -0.39 is 26.0 Å². The van der Waals surface area contributed by atoms with Crippen LogP contribution in [0, 0.1) is 6.92 Å². The first-order valence-corrected chi connectivity index (χ1v) is 12.3. The number of rotatable bonds is 8. The molecule has 0 saturated heterocycles. The van der Waals surface area contributed by atoms with E-state index in [-0.39, 0.29) is 16.5 Å². The minimum Gasteiger partial charge on any atom is -0.322 e. The molecule has 1 atom stereocenters. The zero-order chi connectivity index (χ0) is 21.8. The van der Waals surface area contributed by atoms with Crippen molar-refractivity contribution in [1.82, 2.24) is 4.72 Å². The highest BCUT2D eigenvalue weighted by atomic mass is 32.2. The second-order valence-corrected chi connectivity index (χ2v) is 10.3. The van der Waals surface area contributed by atoms with Crippen LogP contribution in [0.2, 0.25) is 0 Å². The second kappa shape index (κ2) is 8.93. The Morgan fingerprint density at radius 1 is 1.03 bits per heavy atom. The summed E-state index contributed by atoms with van der Waals surface area (Å²) >= 11 is 0. The molecule has 0 bridgehead atoms. The Labute approximate surface area is 171 Å². The van der Waals surface area contributed by atoms with Crippen LogP contribution in [0.3, 0.4) is 0 Å². The number of nitrogens with one attached hydrogen (secondary N) is 3. The molecule has 0 aliphatic carbocycles. The maximum Gasteiger partial charge on any atom is 0.255 e. The molecule has 158 valence electrons. The predicted molar refractivity (Wildman–Crippen MR) is 114 cm³/mol. The molecule has 2 aromatic rings. The Bertz CT molecular complexity index is 1100. The summed E-state index contributed by atoms with van der Waals surface area (Å²) in [6, 6.07) is 10.2. The van der Waals surface area contributed by atoms with Gasteiger partial charge in [-0.25, -0.2) is 21.6 Å². The largest absolute Gasteiger partial charge is 0.322 e. The Morgan fingerprint density at radius 3 is 2.21 bits per heavy atom. The minimum atomic E-state index is -3.65. The smallest absolute Gasteiger partial charge is 0.255 e. The zero-order valence-corrected chi connectivity index (χ0v) is 18.3. The highest BCUT2D eigenvalue weighted by molar-refractivity contribution is 7.92. The van der Waals surface area contributed by atoms with Crippen LogP contribution < -0.4 is 14.8 Å². The van der Waals surface area contributed by atoms with Crippen LogP contribution in [0.5, 0.6) is 0 Å². The monoisotopic (exact) mass is 439 g/mol. The molecule has 0 saturated carbocycles. The molecular formula is C19H25N3O5S2. The molecule has 1 amide bonds. The third-order valence-electron chi connectivity index (χ3n) is 4.19. The van der Waals surface area contributed by atoms with Crippen LogP contribution in [0.25, 0.3) is 0 Å². The third-order valence-corrected chi connectivity index (χ3v) is 6.38. The van der Waals surface area contributed by atoms with Crippen LogP contribution in [-0.4, -0.2) is 35.0 Å². The molecule has 1 unspecified atom stereocenters. The first-order chi connectivity index (χ1) is 13.4. The number of carbonyl (C=O) groups is 1. The van der Waals surface area contributed by atoms with E-state index in [9.17, 15) is 21.6 Å². The Kier molecular flexibility index (Phi) is 7.04. The molecule has 0 aromatic heterocycles. The second-order valence-electron chi connectivity index (χ2n) is 6.81. The van der Waals surface area contributed by atoms with E-state index in [0.29, 0.717) is 23.4 Å². The first kappa shape index (κ1) is 22.9. The maximum absolute atomic E-state index is 12.5. The van der Waals surface area contributed by atoms with E-state index in [4.69, 9.17) is 0 Å². The van der Waals surface area contributed by atoms with Crippen LogP contribution in [0.15, 0.2) is 47.4 Å². The molecule has 10 heteroatoms. The van der Waals surface area contributed by atoms with E-state index in [0.717, 1.165) is 6.26 Å². The number of sulfonamides is 2. The molecule has 8 nitrogen and oxygen atoms in total. The lowest BCUT2D eigenvalue weighted by molar-refractivity contribution is 0.102. The Hall–Kier alpha value is -2.43. The fourth-order valence-electron chi connectivity index (χ4n) is 2.41. The van der Waals surface area contributed by atoms with Crippen molar-refractivity contribution in [3.63, 3.8) is 0 Å². The third kappa shape index (κ3) is 6.55. The number of carbonyl (C=O) groups excluding carboxylic acids is 1. The quantitative estimate of drug-likeness (QED) is 0.584. The molecule has 2 rings (SSSR count). The van der Waals surface area contributed by atoms with Gasteiger partial charge in [0.2, 0.25) is 20.0 Å². The summed E-state index contributed by atoms with van der Waals surface area (Å²) in [4.78, 5) is 12.5. The van der Waals surface area contributed by atoms with Crippen molar-refractivity contribution in [2.45, 2.75) is 38.1 Å². The van der Waals surface area contributed by atoms with E-state index in [2.05, 4.69) is 14.8 Å². The van der Waals surface area contributed by atoms with Gasteiger partial charge >= 0.3 is 0 Å². The summed E-state index contributed by atoms with van der Waals surface area (Å²) in [7, 11) is -7.10. The summed E-state index contributed by atoms with van der Waals surface area (Å²) in [6.07, 6.45) is 1.70. The van der Waals surface area contributed by atoms with Gasteiger partial charge in [-0.2, -0.15) is 0 Å². The number of amides is 1. The van der Waals surface area contributed by atoms with Crippen molar-refractivity contribution < 1.29 is 21.6 Å². The molecule has 29 heavy (non-hydrogen) atoms. The lowest BCUT2D eigenvalue weighted by Gasteiger charge is -2.13. The Balaban J connectivity index is 2.17. The van der Waals surface area contributed by atoms with Gasteiger partial charge in [0, 0.05) is 17.3 Å². The van der Waals surface area contributed by atoms with Gasteiger partial charge in [0.15, 0.2) is 0 Å². The maximum atomic E-state index is 12.5. The van der Waals surface area contributed by atoms with Gasteiger partial charge in [-0.1, -0.05) is 13.0 Å². The zero-order valence-electron chi connectivity index (χ0n) is 16.7. The average molecular weight is 440 g/mol. The summed E-state index contributed by atoms with van der Waals surface area (Å²) < 4.78 is 52.4. The normalized spacial score (nSPS) is 13.0. The SMILES string of the molecule is CCC(C)NS(=O)(=O)c1ccc(C(=O)Nc2ccc(C)c(NS(C)(=O)=O)c2)cc1. The van der Waals surface area contributed by atoms with E-state index in [1.54, 1.807) is 26.0 Å². The van der Waals surface area contributed by atoms with Crippen molar-refractivity contribution >= 4 is 37.3 Å². The lowest BCUT2D eigenvalue weighted by Crippen LogP contribution is -2.32. The van der Waals surface area contributed by atoms with Crippen LogP contribution in [0.4, 0.5) is 11.4 Å². The fourth-order valence-corrected chi connectivity index (χ4v) is 4.36. The Morgan fingerprint density at radius 2 is 1.66 bits per heavy atom. The van der Waals surface area contributed by atoms with Gasteiger partial charge < -0.3 is 5.32 Å². The molecule has 0 aliphatic rings. The summed E-state index contributed by atoms with van der Waals surface area (Å²) in [5, 5.41) is 2.67. The molecular weight excluding hydrogens is 414 g/mol. The van der Waals surface area contributed by atoms with E-state index in [1.807, 2.05) is 6.92 Å². The first-order valence-electron chi connectivity index (χ1n) is 8.93. The van der Waals surface area contributed by atoms with Crippen molar-refractivity contribution in [3.8, 4) is 0 Å². The van der Waals surface area contributed by atoms with Gasteiger partial charge in [-0.05, 0) is 62.2 Å². The van der Waals surface area contributed by atoms with E-state index >= 15 is 0 Å².